The van der Waals surface area contributed by atoms with Gasteiger partial charge in [-0.25, -0.2) is 0 Å². The first-order valence-corrected chi connectivity index (χ1v) is 9.02. The lowest BCUT2D eigenvalue weighted by atomic mass is 9.97. The maximum atomic E-state index is 12.6. The van der Waals surface area contributed by atoms with Crippen LogP contribution in [0, 0.1) is 0 Å². The summed E-state index contributed by atoms with van der Waals surface area (Å²) in [6.07, 6.45) is 3.28. The maximum Gasteiger partial charge on any atom is 0.179 e. The molecule has 0 bridgehead atoms. The number of aryl methyl sites for hydroxylation is 1. The molecule has 0 fully saturated rings. The van der Waals surface area contributed by atoms with Crippen molar-refractivity contribution in [3.05, 3.63) is 29.3 Å². The van der Waals surface area contributed by atoms with Crippen molar-refractivity contribution in [3.63, 3.8) is 0 Å². The molecule has 0 radical (unpaired) electrons. The first kappa shape index (κ1) is 18.0. The number of nitrogens with zero attached hydrogens (tertiary/aromatic N) is 1. The minimum absolute atomic E-state index is 0.124. The van der Waals surface area contributed by atoms with Crippen molar-refractivity contribution in [3.8, 4) is 0 Å². The van der Waals surface area contributed by atoms with Gasteiger partial charge in [0, 0.05) is 17.8 Å². The molecule has 23 heavy (non-hydrogen) atoms. The standard InChI is InChI=1S/C19H31N3O/c1-4-22(5-2)13-7-12-20-15(3)19(23)17-9-10-18-16(14-17)8-6-11-21-18/h9-10,14-15,20-21H,4-8,11-13H2,1-3H3. The summed E-state index contributed by atoms with van der Waals surface area (Å²) in [5, 5.41) is 6.76. The Morgan fingerprint density at radius 3 is 2.87 bits per heavy atom. The van der Waals surface area contributed by atoms with E-state index in [0.29, 0.717) is 0 Å². The molecule has 1 heterocycles. The third kappa shape index (κ3) is 5.05. The highest BCUT2D eigenvalue weighted by Gasteiger charge is 2.17. The van der Waals surface area contributed by atoms with Crippen molar-refractivity contribution < 1.29 is 4.79 Å². The fourth-order valence-electron chi connectivity index (χ4n) is 3.13. The van der Waals surface area contributed by atoms with E-state index in [2.05, 4.69) is 41.5 Å². The Labute approximate surface area is 140 Å². The zero-order chi connectivity index (χ0) is 16.7. The molecule has 0 spiro atoms. The quantitative estimate of drug-likeness (QED) is 0.543. The number of carbonyl (C=O) groups excluding carboxylic acids is 1. The van der Waals surface area contributed by atoms with Gasteiger partial charge in [0.15, 0.2) is 5.78 Å². The third-order valence-corrected chi connectivity index (χ3v) is 4.72. The van der Waals surface area contributed by atoms with Gasteiger partial charge in [0.1, 0.15) is 0 Å². The normalized spacial score (nSPS) is 15.1. The van der Waals surface area contributed by atoms with Crippen LogP contribution in [0.15, 0.2) is 18.2 Å². The summed E-state index contributed by atoms with van der Waals surface area (Å²) >= 11 is 0. The Bertz CT molecular complexity index is 511. The largest absolute Gasteiger partial charge is 0.385 e. The molecule has 1 aromatic rings. The van der Waals surface area contributed by atoms with Gasteiger partial charge in [-0.05, 0) is 76.1 Å². The summed E-state index contributed by atoms with van der Waals surface area (Å²) < 4.78 is 0. The van der Waals surface area contributed by atoms with Gasteiger partial charge in [-0.2, -0.15) is 0 Å². The van der Waals surface area contributed by atoms with Gasteiger partial charge in [0.2, 0.25) is 0 Å². The molecule has 2 rings (SSSR count). The zero-order valence-electron chi connectivity index (χ0n) is 14.8. The van der Waals surface area contributed by atoms with E-state index in [1.54, 1.807) is 0 Å². The average molecular weight is 317 g/mol. The number of hydrogen-bond donors (Lipinski definition) is 2. The molecule has 0 amide bonds. The summed E-state index contributed by atoms with van der Waals surface area (Å²) in [4.78, 5) is 15.0. The summed E-state index contributed by atoms with van der Waals surface area (Å²) in [6, 6.07) is 5.95. The van der Waals surface area contributed by atoms with Gasteiger partial charge in [0.25, 0.3) is 0 Å². The number of benzene rings is 1. The third-order valence-electron chi connectivity index (χ3n) is 4.72. The van der Waals surface area contributed by atoms with E-state index in [1.165, 1.54) is 11.3 Å². The molecule has 1 aliphatic heterocycles. The van der Waals surface area contributed by atoms with Gasteiger partial charge in [-0.3, -0.25) is 4.79 Å². The van der Waals surface area contributed by atoms with Crippen LogP contribution in [0.2, 0.25) is 0 Å². The second kappa shape index (κ2) is 9.04. The van der Waals surface area contributed by atoms with Gasteiger partial charge >= 0.3 is 0 Å². The number of carbonyl (C=O) groups is 1. The van der Waals surface area contributed by atoms with Crippen molar-refractivity contribution in [2.45, 2.75) is 46.1 Å². The van der Waals surface area contributed by atoms with Crippen molar-refractivity contribution in [1.82, 2.24) is 10.2 Å². The molecule has 0 saturated carbocycles. The first-order chi connectivity index (χ1) is 11.2. The van der Waals surface area contributed by atoms with Gasteiger partial charge in [0.05, 0.1) is 6.04 Å². The summed E-state index contributed by atoms with van der Waals surface area (Å²) in [5.41, 5.74) is 3.29. The minimum Gasteiger partial charge on any atom is -0.385 e. The monoisotopic (exact) mass is 317 g/mol. The van der Waals surface area contributed by atoms with Crippen LogP contribution in [0.25, 0.3) is 0 Å². The van der Waals surface area contributed by atoms with Crippen molar-refractivity contribution in [1.29, 1.82) is 0 Å². The lowest BCUT2D eigenvalue weighted by Crippen LogP contribution is -2.36. The Morgan fingerprint density at radius 2 is 2.13 bits per heavy atom. The van der Waals surface area contributed by atoms with E-state index in [-0.39, 0.29) is 11.8 Å². The van der Waals surface area contributed by atoms with Crippen molar-refractivity contribution >= 4 is 11.5 Å². The van der Waals surface area contributed by atoms with Gasteiger partial charge in [-0.1, -0.05) is 13.8 Å². The van der Waals surface area contributed by atoms with Crippen LogP contribution in [0.5, 0.6) is 0 Å². The molecule has 128 valence electrons. The summed E-state index contributed by atoms with van der Waals surface area (Å²) in [6.45, 7) is 11.5. The molecule has 1 atom stereocenters. The Hall–Kier alpha value is -1.39. The number of rotatable bonds is 9. The van der Waals surface area contributed by atoms with Crippen LogP contribution in [0.3, 0.4) is 0 Å². The second-order valence-corrected chi connectivity index (χ2v) is 6.32. The van der Waals surface area contributed by atoms with Crippen LogP contribution in [0.4, 0.5) is 5.69 Å². The van der Waals surface area contributed by atoms with Crippen molar-refractivity contribution in [2.24, 2.45) is 0 Å². The Morgan fingerprint density at radius 1 is 1.35 bits per heavy atom. The minimum atomic E-state index is -0.124. The number of Topliss-reactive ketones (excluding diaryl/α,β-unsaturated/α-hetero) is 1. The highest BCUT2D eigenvalue weighted by atomic mass is 16.1. The van der Waals surface area contributed by atoms with Gasteiger partial charge in [-0.15, -0.1) is 0 Å². The highest BCUT2D eigenvalue weighted by Crippen LogP contribution is 2.23. The maximum absolute atomic E-state index is 12.6. The molecule has 0 saturated heterocycles. The van der Waals surface area contributed by atoms with E-state index in [0.717, 1.165) is 57.5 Å². The molecule has 1 aromatic carbocycles. The first-order valence-electron chi connectivity index (χ1n) is 9.02. The van der Waals surface area contributed by atoms with E-state index >= 15 is 0 Å². The number of hydrogen-bond acceptors (Lipinski definition) is 4. The smallest absolute Gasteiger partial charge is 0.179 e. The molecule has 2 N–H and O–H groups in total. The molecule has 4 heteroatoms. The van der Waals surface area contributed by atoms with Crippen LogP contribution < -0.4 is 10.6 Å². The molecule has 1 aliphatic rings. The average Bonchev–Trinajstić information content (AvgIpc) is 2.60. The van der Waals surface area contributed by atoms with E-state index in [1.807, 2.05) is 13.0 Å². The van der Waals surface area contributed by atoms with Crippen LogP contribution in [-0.2, 0) is 6.42 Å². The number of ketones is 1. The Balaban J connectivity index is 1.82. The Kier molecular flexibility index (Phi) is 7.06. The SMILES string of the molecule is CCN(CC)CCCNC(C)C(=O)c1ccc2c(c1)CCCN2. The molecule has 1 unspecified atom stereocenters. The molecule has 0 aliphatic carbocycles. The van der Waals surface area contributed by atoms with E-state index in [9.17, 15) is 4.79 Å². The fraction of sp³-hybridized carbons (Fsp3) is 0.632. The second-order valence-electron chi connectivity index (χ2n) is 6.32. The lowest BCUT2D eigenvalue weighted by Gasteiger charge is -2.20. The number of anilines is 1. The summed E-state index contributed by atoms with van der Waals surface area (Å²) in [5.74, 6) is 0.196. The lowest BCUT2D eigenvalue weighted by molar-refractivity contribution is 0.0950. The predicted octanol–water partition coefficient (Wildman–Crippen LogP) is 2.94. The van der Waals surface area contributed by atoms with Crippen LogP contribution >= 0.6 is 0 Å². The van der Waals surface area contributed by atoms with Crippen molar-refractivity contribution in [2.75, 3.05) is 38.0 Å². The topological polar surface area (TPSA) is 44.4 Å². The van der Waals surface area contributed by atoms with Crippen LogP contribution in [0.1, 0.15) is 49.5 Å². The molecular formula is C19H31N3O. The number of fused-ring (bicyclic) bond motifs is 1. The van der Waals surface area contributed by atoms with Gasteiger partial charge < -0.3 is 15.5 Å². The van der Waals surface area contributed by atoms with E-state index < -0.39 is 0 Å². The number of nitrogens with one attached hydrogen (secondary N) is 2. The molecule has 0 aromatic heterocycles. The fourth-order valence-corrected chi connectivity index (χ4v) is 3.13. The summed E-state index contributed by atoms with van der Waals surface area (Å²) in [7, 11) is 0. The molecule has 4 nitrogen and oxygen atoms in total. The zero-order valence-corrected chi connectivity index (χ0v) is 14.8. The van der Waals surface area contributed by atoms with E-state index in [4.69, 9.17) is 0 Å². The highest BCUT2D eigenvalue weighted by molar-refractivity contribution is 6.00. The molecular weight excluding hydrogens is 286 g/mol. The van der Waals surface area contributed by atoms with Crippen LogP contribution in [-0.4, -0.2) is 49.4 Å². The predicted molar refractivity (Wildman–Crippen MR) is 97.5 cm³/mol.